The van der Waals surface area contributed by atoms with E-state index in [-0.39, 0.29) is 17.2 Å². The van der Waals surface area contributed by atoms with Gasteiger partial charge >= 0.3 is 6.01 Å². The first-order valence-electron chi connectivity index (χ1n) is 5.85. The first-order chi connectivity index (χ1) is 9.58. The molecule has 0 radical (unpaired) electrons. The standard InChI is InChI=1S/C12H11Cl3N4O/c1-2-5-20-12-18-10(15)17-11(19-12)16-9-4-3-7(13)6-8(9)14/h3-4,6H,2,5H2,1H3,(H,16,17,18,19). The Morgan fingerprint density at radius 3 is 2.65 bits per heavy atom. The van der Waals surface area contributed by atoms with Gasteiger partial charge in [-0.1, -0.05) is 30.1 Å². The second-order valence-electron chi connectivity index (χ2n) is 3.81. The maximum atomic E-state index is 6.06. The van der Waals surface area contributed by atoms with Crippen LogP contribution in [-0.4, -0.2) is 21.6 Å². The Morgan fingerprint density at radius 2 is 1.95 bits per heavy atom. The van der Waals surface area contributed by atoms with Gasteiger partial charge in [-0.3, -0.25) is 0 Å². The van der Waals surface area contributed by atoms with Gasteiger partial charge in [-0.05, 0) is 36.2 Å². The van der Waals surface area contributed by atoms with Crippen molar-refractivity contribution in [1.82, 2.24) is 15.0 Å². The van der Waals surface area contributed by atoms with Gasteiger partial charge in [0.15, 0.2) is 0 Å². The summed E-state index contributed by atoms with van der Waals surface area (Å²) in [5.74, 6) is 0.250. The fourth-order valence-corrected chi connectivity index (χ4v) is 1.97. The van der Waals surface area contributed by atoms with Crippen LogP contribution in [0.4, 0.5) is 11.6 Å². The molecule has 0 unspecified atom stereocenters. The maximum Gasteiger partial charge on any atom is 0.322 e. The highest BCUT2D eigenvalue weighted by Gasteiger charge is 2.08. The van der Waals surface area contributed by atoms with Crippen molar-refractivity contribution in [2.75, 3.05) is 11.9 Å². The summed E-state index contributed by atoms with van der Waals surface area (Å²) in [5.41, 5.74) is 0.611. The van der Waals surface area contributed by atoms with E-state index in [0.29, 0.717) is 22.3 Å². The smallest absolute Gasteiger partial charge is 0.322 e. The molecule has 0 fully saturated rings. The highest BCUT2D eigenvalue weighted by Crippen LogP contribution is 2.27. The molecule has 0 aliphatic heterocycles. The number of hydrogen-bond acceptors (Lipinski definition) is 5. The minimum Gasteiger partial charge on any atom is -0.463 e. The molecule has 1 aromatic heterocycles. The Morgan fingerprint density at radius 1 is 1.15 bits per heavy atom. The molecule has 1 N–H and O–H groups in total. The van der Waals surface area contributed by atoms with Crippen LogP contribution in [0.25, 0.3) is 0 Å². The van der Waals surface area contributed by atoms with E-state index in [1.807, 2.05) is 6.92 Å². The van der Waals surface area contributed by atoms with Crippen molar-refractivity contribution in [3.63, 3.8) is 0 Å². The van der Waals surface area contributed by atoms with Gasteiger partial charge in [-0.2, -0.15) is 15.0 Å². The lowest BCUT2D eigenvalue weighted by Gasteiger charge is -2.08. The van der Waals surface area contributed by atoms with Crippen molar-refractivity contribution in [2.45, 2.75) is 13.3 Å². The van der Waals surface area contributed by atoms with Crippen molar-refractivity contribution >= 4 is 46.4 Å². The third-order valence-electron chi connectivity index (χ3n) is 2.20. The number of nitrogens with one attached hydrogen (secondary N) is 1. The molecular weight excluding hydrogens is 323 g/mol. The van der Waals surface area contributed by atoms with E-state index in [1.165, 1.54) is 0 Å². The number of benzene rings is 1. The summed E-state index contributed by atoms with van der Waals surface area (Å²) in [5, 5.41) is 3.97. The maximum absolute atomic E-state index is 6.06. The van der Waals surface area contributed by atoms with E-state index in [1.54, 1.807) is 18.2 Å². The van der Waals surface area contributed by atoms with Gasteiger partial charge < -0.3 is 10.1 Å². The molecule has 0 saturated heterocycles. The van der Waals surface area contributed by atoms with Crippen molar-refractivity contribution in [3.8, 4) is 6.01 Å². The van der Waals surface area contributed by atoms with Crippen LogP contribution in [0.2, 0.25) is 15.3 Å². The van der Waals surface area contributed by atoms with Crippen LogP contribution in [0.1, 0.15) is 13.3 Å². The molecule has 1 heterocycles. The number of nitrogens with zero attached hydrogens (tertiary/aromatic N) is 3. The van der Waals surface area contributed by atoms with E-state index in [2.05, 4.69) is 20.3 Å². The van der Waals surface area contributed by atoms with Gasteiger partial charge in [-0.25, -0.2) is 0 Å². The minimum atomic E-state index is 0.0405. The van der Waals surface area contributed by atoms with Crippen molar-refractivity contribution in [3.05, 3.63) is 33.5 Å². The summed E-state index contributed by atoms with van der Waals surface area (Å²) in [6.07, 6.45) is 0.842. The zero-order chi connectivity index (χ0) is 14.5. The topological polar surface area (TPSA) is 59.9 Å². The van der Waals surface area contributed by atoms with Crippen molar-refractivity contribution in [2.24, 2.45) is 0 Å². The Hall–Kier alpha value is -1.30. The molecular formula is C12H11Cl3N4O. The van der Waals surface area contributed by atoms with E-state index in [9.17, 15) is 0 Å². The highest BCUT2D eigenvalue weighted by atomic mass is 35.5. The molecule has 0 aliphatic carbocycles. The minimum absolute atomic E-state index is 0.0405. The number of ether oxygens (including phenoxy) is 1. The zero-order valence-corrected chi connectivity index (χ0v) is 12.8. The predicted molar refractivity (Wildman–Crippen MR) is 80.4 cm³/mol. The number of rotatable bonds is 5. The third-order valence-corrected chi connectivity index (χ3v) is 2.92. The molecule has 2 rings (SSSR count). The van der Waals surface area contributed by atoms with E-state index < -0.39 is 0 Å². The van der Waals surface area contributed by atoms with Crippen LogP contribution in [0.3, 0.4) is 0 Å². The molecule has 0 atom stereocenters. The monoisotopic (exact) mass is 332 g/mol. The molecule has 2 aromatic rings. The molecule has 0 amide bonds. The Labute approximate surface area is 131 Å². The van der Waals surface area contributed by atoms with Crippen LogP contribution >= 0.6 is 34.8 Å². The average Bonchev–Trinajstić information content (AvgIpc) is 2.39. The van der Waals surface area contributed by atoms with Crippen LogP contribution in [0.5, 0.6) is 6.01 Å². The molecule has 106 valence electrons. The fourth-order valence-electron chi connectivity index (χ4n) is 1.36. The first-order valence-corrected chi connectivity index (χ1v) is 6.98. The SMILES string of the molecule is CCCOc1nc(Cl)nc(Nc2ccc(Cl)cc2Cl)n1. The summed E-state index contributed by atoms with van der Waals surface area (Å²) in [4.78, 5) is 11.9. The van der Waals surface area contributed by atoms with Crippen molar-refractivity contribution < 1.29 is 4.74 Å². The third kappa shape index (κ3) is 4.10. The van der Waals surface area contributed by atoms with E-state index in [4.69, 9.17) is 39.5 Å². The largest absolute Gasteiger partial charge is 0.463 e. The molecule has 0 aliphatic rings. The fraction of sp³-hybridized carbons (Fsp3) is 0.250. The second-order valence-corrected chi connectivity index (χ2v) is 4.99. The lowest BCUT2D eigenvalue weighted by Crippen LogP contribution is -2.05. The van der Waals surface area contributed by atoms with Gasteiger partial charge in [0.25, 0.3) is 0 Å². The molecule has 0 saturated carbocycles. The Bertz CT molecular complexity index is 609. The number of halogens is 3. The van der Waals surface area contributed by atoms with Gasteiger partial charge in [0.05, 0.1) is 17.3 Å². The van der Waals surface area contributed by atoms with Gasteiger partial charge in [-0.15, -0.1) is 0 Å². The molecule has 0 bridgehead atoms. The first kappa shape index (κ1) is 15.1. The lowest BCUT2D eigenvalue weighted by atomic mass is 10.3. The van der Waals surface area contributed by atoms with Crippen LogP contribution < -0.4 is 10.1 Å². The normalized spacial score (nSPS) is 10.4. The molecule has 20 heavy (non-hydrogen) atoms. The Kier molecular flexibility index (Phi) is 5.23. The molecule has 8 heteroatoms. The van der Waals surface area contributed by atoms with Crippen LogP contribution in [0.15, 0.2) is 18.2 Å². The van der Waals surface area contributed by atoms with E-state index in [0.717, 1.165) is 6.42 Å². The predicted octanol–water partition coefficient (Wildman–Crippen LogP) is 4.36. The van der Waals surface area contributed by atoms with E-state index >= 15 is 0 Å². The van der Waals surface area contributed by atoms with Gasteiger partial charge in [0.2, 0.25) is 11.2 Å². The zero-order valence-electron chi connectivity index (χ0n) is 10.5. The summed E-state index contributed by atoms with van der Waals surface area (Å²) >= 11 is 17.7. The molecule has 1 aromatic carbocycles. The number of aromatic nitrogens is 3. The highest BCUT2D eigenvalue weighted by molar-refractivity contribution is 6.36. The van der Waals surface area contributed by atoms with Gasteiger partial charge in [0.1, 0.15) is 0 Å². The molecule has 0 spiro atoms. The summed E-state index contributed by atoms with van der Waals surface area (Å²) in [7, 11) is 0. The lowest BCUT2D eigenvalue weighted by molar-refractivity contribution is 0.292. The van der Waals surface area contributed by atoms with Crippen LogP contribution in [0, 0.1) is 0 Å². The van der Waals surface area contributed by atoms with Gasteiger partial charge in [0, 0.05) is 5.02 Å². The van der Waals surface area contributed by atoms with Crippen LogP contribution in [-0.2, 0) is 0 Å². The summed E-state index contributed by atoms with van der Waals surface area (Å²) in [6.45, 7) is 2.48. The van der Waals surface area contributed by atoms with Crippen molar-refractivity contribution in [1.29, 1.82) is 0 Å². The average molecular weight is 334 g/mol. The second kappa shape index (κ2) is 6.92. The quantitative estimate of drug-likeness (QED) is 0.880. The number of hydrogen-bond donors (Lipinski definition) is 1. The summed E-state index contributed by atoms with van der Waals surface area (Å²) < 4.78 is 5.32. The molecule has 5 nitrogen and oxygen atoms in total. The number of anilines is 2. The summed E-state index contributed by atoms with van der Waals surface area (Å²) in [6, 6.07) is 5.20. The Balaban J connectivity index is 2.21.